The molecule has 0 aliphatic rings. The second-order valence-corrected chi connectivity index (χ2v) is 11.9. The number of aromatic nitrogens is 1. The van der Waals surface area contributed by atoms with Crippen LogP contribution >= 0.6 is 0 Å². The first-order valence-corrected chi connectivity index (χ1v) is 13.8. The minimum atomic E-state index is -3.81. The molecule has 0 radical (unpaired) electrons. The Morgan fingerprint density at radius 2 is 1.39 bits per heavy atom. The molecule has 0 saturated heterocycles. The van der Waals surface area contributed by atoms with E-state index in [9.17, 15) is 13.2 Å². The molecule has 0 saturated carbocycles. The van der Waals surface area contributed by atoms with Crippen molar-refractivity contribution in [2.24, 2.45) is 0 Å². The van der Waals surface area contributed by atoms with Crippen LogP contribution in [-0.2, 0) is 15.4 Å². The monoisotopic (exact) mass is 523 g/mol. The zero-order valence-electron chi connectivity index (χ0n) is 21.4. The van der Waals surface area contributed by atoms with E-state index in [0.29, 0.717) is 22.6 Å². The number of carbonyl (C=O) groups is 1. The van der Waals surface area contributed by atoms with Gasteiger partial charge in [0.1, 0.15) is 5.69 Å². The highest BCUT2D eigenvalue weighted by atomic mass is 32.2. The standard InChI is InChI=1S/C31H29N3O3S/c1-31(2,3)22-14-17-25(18-15-22)38(36,37)34-24-16-19-27-26(20-24)28(21-10-6-4-7-11-21)29(33-27)30(35)32-23-12-8-5-9-13-23/h4-20,33-34H,1-3H3,(H,32,35). The average Bonchev–Trinajstić information content (AvgIpc) is 3.28. The number of fused-ring (bicyclic) bond motifs is 1. The fraction of sp³-hybridized carbons (Fsp3) is 0.129. The molecule has 0 aliphatic carbocycles. The molecule has 0 fully saturated rings. The maximum absolute atomic E-state index is 13.3. The van der Waals surface area contributed by atoms with Gasteiger partial charge in [-0.05, 0) is 59.0 Å². The molecule has 7 heteroatoms. The van der Waals surface area contributed by atoms with Crippen molar-refractivity contribution < 1.29 is 13.2 Å². The predicted octanol–water partition coefficient (Wildman–Crippen LogP) is 7.19. The Morgan fingerprint density at radius 3 is 2.03 bits per heavy atom. The number of anilines is 2. The van der Waals surface area contributed by atoms with Crippen LogP contribution < -0.4 is 10.0 Å². The number of hydrogen-bond acceptors (Lipinski definition) is 3. The third-order valence-corrected chi connectivity index (χ3v) is 7.80. The van der Waals surface area contributed by atoms with Crippen LogP contribution in [0.15, 0.2) is 108 Å². The quantitative estimate of drug-likeness (QED) is 0.220. The van der Waals surface area contributed by atoms with Gasteiger partial charge in [0.15, 0.2) is 0 Å². The number of sulfonamides is 1. The number of rotatable bonds is 6. The van der Waals surface area contributed by atoms with Crippen LogP contribution in [0, 0.1) is 0 Å². The van der Waals surface area contributed by atoms with Crippen LogP contribution in [0.3, 0.4) is 0 Å². The minimum Gasteiger partial charge on any atom is -0.350 e. The lowest BCUT2D eigenvalue weighted by Crippen LogP contribution is -2.14. The first-order valence-electron chi connectivity index (χ1n) is 12.3. The molecule has 4 aromatic carbocycles. The smallest absolute Gasteiger partial charge is 0.272 e. The Morgan fingerprint density at radius 1 is 0.763 bits per heavy atom. The highest BCUT2D eigenvalue weighted by Crippen LogP contribution is 2.35. The maximum Gasteiger partial charge on any atom is 0.272 e. The van der Waals surface area contributed by atoms with Gasteiger partial charge in [0.05, 0.1) is 4.90 Å². The van der Waals surface area contributed by atoms with E-state index in [1.54, 1.807) is 30.3 Å². The van der Waals surface area contributed by atoms with Crippen LogP contribution in [0.5, 0.6) is 0 Å². The van der Waals surface area contributed by atoms with Gasteiger partial charge in [-0.1, -0.05) is 81.4 Å². The van der Waals surface area contributed by atoms with E-state index in [1.165, 1.54) is 0 Å². The molecule has 0 atom stereocenters. The molecular weight excluding hydrogens is 494 g/mol. The van der Waals surface area contributed by atoms with Crippen LogP contribution in [0.25, 0.3) is 22.0 Å². The molecule has 0 spiro atoms. The van der Waals surface area contributed by atoms with E-state index in [-0.39, 0.29) is 16.2 Å². The summed E-state index contributed by atoms with van der Waals surface area (Å²) >= 11 is 0. The molecule has 5 aromatic rings. The summed E-state index contributed by atoms with van der Waals surface area (Å²) in [5.74, 6) is -0.285. The van der Waals surface area contributed by atoms with Gasteiger partial charge in [0, 0.05) is 27.8 Å². The summed E-state index contributed by atoms with van der Waals surface area (Å²) in [6.07, 6.45) is 0. The minimum absolute atomic E-state index is 0.0760. The number of hydrogen-bond donors (Lipinski definition) is 3. The van der Waals surface area contributed by atoms with E-state index in [4.69, 9.17) is 0 Å². The molecule has 38 heavy (non-hydrogen) atoms. The number of amides is 1. The van der Waals surface area contributed by atoms with Crippen molar-refractivity contribution in [3.63, 3.8) is 0 Å². The second-order valence-electron chi connectivity index (χ2n) is 10.2. The van der Waals surface area contributed by atoms with Crippen molar-refractivity contribution in [2.75, 3.05) is 10.0 Å². The van der Waals surface area contributed by atoms with Crippen LogP contribution in [-0.4, -0.2) is 19.3 Å². The van der Waals surface area contributed by atoms with Crippen molar-refractivity contribution in [3.05, 3.63) is 114 Å². The molecule has 6 nitrogen and oxygen atoms in total. The lowest BCUT2D eigenvalue weighted by molar-refractivity contribution is 0.102. The summed E-state index contributed by atoms with van der Waals surface area (Å²) < 4.78 is 29.1. The van der Waals surface area contributed by atoms with Crippen LogP contribution in [0.1, 0.15) is 36.8 Å². The van der Waals surface area contributed by atoms with Gasteiger partial charge in [-0.25, -0.2) is 8.42 Å². The van der Waals surface area contributed by atoms with Crippen molar-refractivity contribution >= 4 is 38.2 Å². The summed E-state index contributed by atoms with van der Waals surface area (Å²) in [4.78, 5) is 16.7. The van der Waals surface area contributed by atoms with E-state index >= 15 is 0 Å². The molecule has 0 unspecified atom stereocenters. The Bertz CT molecular complexity index is 1700. The summed E-state index contributed by atoms with van der Waals surface area (Å²) in [7, 11) is -3.81. The molecule has 1 aromatic heterocycles. The van der Waals surface area contributed by atoms with Gasteiger partial charge in [-0.2, -0.15) is 0 Å². The molecule has 1 heterocycles. The molecule has 3 N–H and O–H groups in total. The third-order valence-electron chi connectivity index (χ3n) is 6.40. The average molecular weight is 524 g/mol. The van der Waals surface area contributed by atoms with Gasteiger partial charge in [-0.15, -0.1) is 0 Å². The second kappa shape index (κ2) is 9.84. The lowest BCUT2D eigenvalue weighted by Gasteiger charge is -2.19. The van der Waals surface area contributed by atoms with Gasteiger partial charge >= 0.3 is 0 Å². The predicted molar refractivity (Wildman–Crippen MR) is 154 cm³/mol. The molecule has 192 valence electrons. The van der Waals surface area contributed by atoms with Gasteiger partial charge in [0.25, 0.3) is 15.9 Å². The Kier molecular flexibility index (Phi) is 6.55. The Hall–Kier alpha value is -4.36. The molecule has 0 aliphatic heterocycles. The summed E-state index contributed by atoms with van der Waals surface area (Å²) in [6, 6.07) is 31.0. The largest absolute Gasteiger partial charge is 0.350 e. The normalized spacial score (nSPS) is 11.9. The summed E-state index contributed by atoms with van der Waals surface area (Å²) in [5.41, 5.74) is 4.73. The zero-order valence-corrected chi connectivity index (χ0v) is 22.3. The lowest BCUT2D eigenvalue weighted by atomic mass is 9.87. The summed E-state index contributed by atoms with van der Waals surface area (Å²) in [5, 5.41) is 3.67. The van der Waals surface area contributed by atoms with Crippen molar-refractivity contribution in [3.8, 4) is 11.1 Å². The van der Waals surface area contributed by atoms with Crippen molar-refractivity contribution in [1.29, 1.82) is 0 Å². The van der Waals surface area contributed by atoms with E-state index in [2.05, 4.69) is 35.8 Å². The van der Waals surface area contributed by atoms with Gasteiger partial charge < -0.3 is 10.3 Å². The number of carbonyl (C=O) groups excluding carboxylic acids is 1. The highest BCUT2D eigenvalue weighted by Gasteiger charge is 2.22. The van der Waals surface area contributed by atoms with Crippen LogP contribution in [0.4, 0.5) is 11.4 Å². The van der Waals surface area contributed by atoms with Crippen LogP contribution in [0.2, 0.25) is 0 Å². The number of aromatic amines is 1. The topological polar surface area (TPSA) is 91.1 Å². The van der Waals surface area contributed by atoms with Gasteiger partial charge in [-0.3, -0.25) is 9.52 Å². The molecule has 0 bridgehead atoms. The number of para-hydroxylation sites is 1. The number of benzene rings is 4. The first-order chi connectivity index (χ1) is 18.1. The highest BCUT2D eigenvalue weighted by molar-refractivity contribution is 7.92. The number of H-pyrrole nitrogens is 1. The number of nitrogens with one attached hydrogen (secondary N) is 3. The molecule has 1 amide bonds. The van der Waals surface area contributed by atoms with E-state index in [0.717, 1.165) is 22.0 Å². The third kappa shape index (κ3) is 5.19. The van der Waals surface area contributed by atoms with Crippen molar-refractivity contribution in [1.82, 2.24) is 4.98 Å². The van der Waals surface area contributed by atoms with Gasteiger partial charge in [0.2, 0.25) is 0 Å². The van der Waals surface area contributed by atoms with Crippen molar-refractivity contribution in [2.45, 2.75) is 31.1 Å². The summed E-state index contributed by atoms with van der Waals surface area (Å²) in [6.45, 7) is 6.25. The van der Waals surface area contributed by atoms with E-state index in [1.807, 2.05) is 72.8 Å². The molecular formula is C31H29N3O3S. The zero-order chi connectivity index (χ0) is 26.9. The Balaban J connectivity index is 1.53. The SMILES string of the molecule is CC(C)(C)c1ccc(S(=O)(=O)Nc2ccc3[nH]c(C(=O)Nc4ccccc4)c(-c4ccccc4)c3c2)cc1. The fourth-order valence-corrected chi connectivity index (χ4v) is 5.44. The van der Waals surface area contributed by atoms with E-state index < -0.39 is 10.0 Å². The fourth-order valence-electron chi connectivity index (χ4n) is 4.39. The Labute approximate surface area is 222 Å². The maximum atomic E-state index is 13.3. The molecule has 5 rings (SSSR count). The first kappa shape index (κ1) is 25.3.